The van der Waals surface area contributed by atoms with Gasteiger partial charge in [-0.2, -0.15) is 0 Å². The molecule has 1 rings (SSSR count). The lowest BCUT2D eigenvalue weighted by Gasteiger charge is -2.10. The molecule has 0 fully saturated rings. The summed E-state index contributed by atoms with van der Waals surface area (Å²) in [5, 5.41) is 0. The molecular formula is C12H18N2O3S2. The summed E-state index contributed by atoms with van der Waals surface area (Å²) in [4.78, 5) is 0.361. The summed E-state index contributed by atoms with van der Waals surface area (Å²) in [5.74, 6) is 0. The predicted molar refractivity (Wildman–Crippen MR) is 78.7 cm³/mol. The number of hydrogen-bond acceptors (Lipinski definition) is 4. The maximum atomic E-state index is 12.1. The van der Waals surface area contributed by atoms with E-state index in [4.69, 9.17) is 22.7 Å². The number of nitrogens with one attached hydrogen (secondary N) is 1. The number of thiocarbonyl (C=S) groups is 1. The van der Waals surface area contributed by atoms with Gasteiger partial charge in [-0.3, -0.25) is 0 Å². The molecule has 0 aliphatic heterocycles. The Morgan fingerprint density at radius 2 is 2.16 bits per heavy atom. The molecule has 7 heteroatoms. The molecule has 1 aromatic rings. The van der Waals surface area contributed by atoms with Gasteiger partial charge in [-0.1, -0.05) is 24.4 Å². The number of nitrogens with two attached hydrogens (primary N) is 1. The van der Waals surface area contributed by atoms with Crippen LogP contribution in [0.5, 0.6) is 0 Å². The summed E-state index contributed by atoms with van der Waals surface area (Å²) in [6, 6.07) is 4.88. The van der Waals surface area contributed by atoms with Crippen molar-refractivity contribution in [3.63, 3.8) is 0 Å². The molecule has 19 heavy (non-hydrogen) atoms. The number of aryl methyl sites for hydroxylation is 1. The third-order valence-corrected chi connectivity index (χ3v) is 4.34. The fourth-order valence-electron chi connectivity index (χ4n) is 1.51. The van der Waals surface area contributed by atoms with Gasteiger partial charge in [0.15, 0.2) is 0 Å². The van der Waals surface area contributed by atoms with Crippen molar-refractivity contribution < 1.29 is 13.2 Å². The van der Waals surface area contributed by atoms with Gasteiger partial charge >= 0.3 is 0 Å². The monoisotopic (exact) mass is 302 g/mol. The fraction of sp³-hybridized carbons (Fsp3) is 0.417. The Morgan fingerprint density at radius 3 is 2.74 bits per heavy atom. The predicted octanol–water partition coefficient (Wildman–Crippen LogP) is 0.944. The van der Waals surface area contributed by atoms with E-state index in [2.05, 4.69) is 4.72 Å². The summed E-state index contributed by atoms with van der Waals surface area (Å²) < 4.78 is 31.8. The molecule has 0 aliphatic carbocycles. The summed E-state index contributed by atoms with van der Waals surface area (Å²) in [7, 11) is -3.57. The largest absolute Gasteiger partial charge is 0.389 e. The SMILES string of the molecule is CCOCCNS(=O)(=O)c1cc(C(N)=S)ccc1C. The second-order valence-corrected chi connectivity index (χ2v) is 6.11. The Hall–Kier alpha value is -1.02. The highest BCUT2D eigenvalue weighted by Crippen LogP contribution is 2.16. The number of benzene rings is 1. The summed E-state index contributed by atoms with van der Waals surface area (Å²) >= 11 is 4.85. The fourth-order valence-corrected chi connectivity index (χ4v) is 2.92. The van der Waals surface area contributed by atoms with Gasteiger partial charge < -0.3 is 10.5 Å². The standard InChI is InChI=1S/C12H18N2O3S2/c1-3-17-7-6-14-19(15,16)11-8-10(12(13)18)5-4-9(11)2/h4-5,8,14H,3,6-7H2,1-2H3,(H2,13,18). The molecular weight excluding hydrogens is 284 g/mol. The first-order valence-electron chi connectivity index (χ1n) is 5.86. The minimum Gasteiger partial charge on any atom is -0.389 e. The summed E-state index contributed by atoms with van der Waals surface area (Å²) in [6.07, 6.45) is 0. The lowest BCUT2D eigenvalue weighted by molar-refractivity contribution is 0.153. The molecule has 3 N–H and O–H groups in total. The highest BCUT2D eigenvalue weighted by atomic mass is 32.2. The normalized spacial score (nSPS) is 11.5. The molecule has 1 aromatic carbocycles. The number of rotatable bonds is 7. The smallest absolute Gasteiger partial charge is 0.240 e. The van der Waals surface area contributed by atoms with Crippen LogP contribution in [0.1, 0.15) is 18.1 Å². The van der Waals surface area contributed by atoms with E-state index in [1.54, 1.807) is 19.1 Å². The van der Waals surface area contributed by atoms with E-state index >= 15 is 0 Å². The van der Waals surface area contributed by atoms with E-state index in [1.165, 1.54) is 6.07 Å². The van der Waals surface area contributed by atoms with E-state index in [-0.39, 0.29) is 16.4 Å². The molecule has 0 aliphatic rings. The molecule has 0 aromatic heterocycles. The molecule has 106 valence electrons. The molecule has 0 atom stereocenters. The molecule has 0 amide bonds. The Balaban J connectivity index is 2.94. The molecule has 5 nitrogen and oxygen atoms in total. The average Bonchev–Trinajstić information content (AvgIpc) is 2.34. The average molecular weight is 302 g/mol. The topological polar surface area (TPSA) is 81.4 Å². The third kappa shape index (κ3) is 4.54. The lowest BCUT2D eigenvalue weighted by Crippen LogP contribution is -2.28. The van der Waals surface area contributed by atoms with Crippen LogP contribution in [0.2, 0.25) is 0 Å². The molecule has 0 radical (unpaired) electrons. The van der Waals surface area contributed by atoms with Crippen molar-refractivity contribution in [1.82, 2.24) is 4.72 Å². The van der Waals surface area contributed by atoms with Crippen LogP contribution in [0.15, 0.2) is 23.1 Å². The summed E-state index contributed by atoms with van der Waals surface area (Å²) in [6.45, 7) is 4.69. The number of sulfonamides is 1. The van der Waals surface area contributed by atoms with Crippen LogP contribution in [-0.4, -0.2) is 33.2 Å². The molecule has 0 saturated carbocycles. The lowest BCUT2D eigenvalue weighted by atomic mass is 10.1. The van der Waals surface area contributed by atoms with Crippen LogP contribution in [-0.2, 0) is 14.8 Å². The Kier molecular flexibility index (Phi) is 5.86. The first kappa shape index (κ1) is 16.0. The molecule has 0 unspecified atom stereocenters. The number of hydrogen-bond donors (Lipinski definition) is 2. The highest BCUT2D eigenvalue weighted by molar-refractivity contribution is 7.89. The third-order valence-electron chi connectivity index (χ3n) is 2.50. The van der Waals surface area contributed by atoms with Gasteiger partial charge in [0.2, 0.25) is 10.0 Å². The van der Waals surface area contributed by atoms with Crippen molar-refractivity contribution in [2.75, 3.05) is 19.8 Å². The van der Waals surface area contributed by atoms with Gasteiger partial charge in [-0.05, 0) is 25.5 Å². The Labute approximate surface area is 119 Å². The van der Waals surface area contributed by atoms with Crippen LogP contribution in [0.25, 0.3) is 0 Å². The molecule has 0 saturated heterocycles. The van der Waals surface area contributed by atoms with Crippen LogP contribution in [0.3, 0.4) is 0 Å². The van der Waals surface area contributed by atoms with Crippen LogP contribution < -0.4 is 10.5 Å². The Bertz CT molecular complexity index is 556. The van der Waals surface area contributed by atoms with Gasteiger partial charge in [0.05, 0.1) is 11.5 Å². The van der Waals surface area contributed by atoms with E-state index < -0.39 is 10.0 Å². The van der Waals surface area contributed by atoms with E-state index in [0.29, 0.717) is 24.3 Å². The van der Waals surface area contributed by atoms with Crippen molar-refractivity contribution in [3.05, 3.63) is 29.3 Å². The highest BCUT2D eigenvalue weighted by Gasteiger charge is 2.17. The molecule has 0 heterocycles. The summed E-state index contributed by atoms with van der Waals surface area (Å²) in [5.41, 5.74) is 6.69. The van der Waals surface area contributed by atoms with Gasteiger partial charge in [0.25, 0.3) is 0 Å². The molecule has 0 bridgehead atoms. The number of ether oxygens (including phenoxy) is 1. The minimum atomic E-state index is -3.57. The zero-order valence-electron chi connectivity index (χ0n) is 11.0. The quantitative estimate of drug-likeness (QED) is 0.579. The zero-order valence-corrected chi connectivity index (χ0v) is 12.6. The molecule has 0 spiro atoms. The van der Waals surface area contributed by atoms with Crippen LogP contribution >= 0.6 is 12.2 Å². The zero-order chi connectivity index (χ0) is 14.5. The van der Waals surface area contributed by atoms with Crippen molar-refractivity contribution in [1.29, 1.82) is 0 Å². The van der Waals surface area contributed by atoms with Gasteiger partial charge in [-0.15, -0.1) is 0 Å². The first-order chi connectivity index (χ1) is 8.88. The second kappa shape index (κ2) is 6.95. The Morgan fingerprint density at radius 1 is 1.47 bits per heavy atom. The van der Waals surface area contributed by atoms with Crippen molar-refractivity contribution in [3.8, 4) is 0 Å². The van der Waals surface area contributed by atoms with Crippen LogP contribution in [0.4, 0.5) is 0 Å². The first-order valence-corrected chi connectivity index (χ1v) is 7.75. The van der Waals surface area contributed by atoms with Gasteiger partial charge in [0, 0.05) is 18.7 Å². The maximum Gasteiger partial charge on any atom is 0.240 e. The van der Waals surface area contributed by atoms with Crippen molar-refractivity contribution in [2.45, 2.75) is 18.7 Å². The van der Waals surface area contributed by atoms with E-state index in [0.717, 1.165) is 0 Å². The van der Waals surface area contributed by atoms with Crippen molar-refractivity contribution in [2.24, 2.45) is 5.73 Å². The van der Waals surface area contributed by atoms with Crippen molar-refractivity contribution >= 4 is 27.2 Å². The second-order valence-electron chi connectivity index (χ2n) is 3.94. The van der Waals surface area contributed by atoms with E-state index in [9.17, 15) is 8.42 Å². The van der Waals surface area contributed by atoms with Gasteiger partial charge in [0.1, 0.15) is 4.99 Å². The van der Waals surface area contributed by atoms with Crippen LogP contribution in [0, 0.1) is 6.92 Å². The van der Waals surface area contributed by atoms with Gasteiger partial charge in [-0.25, -0.2) is 13.1 Å². The minimum absolute atomic E-state index is 0.172. The van der Waals surface area contributed by atoms with E-state index in [1.807, 2.05) is 6.92 Å². The maximum absolute atomic E-state index is 12.1.